The van der Waals surface area contributed by atoms with E-state index in [0.717, 1.165) is 11.3 Å². The Morgan fingerprint density at radius 3 is 2.27 bits per heavy atom. The summed E-state index contributed by atoms with van der Waals surface area (Å²) in [5.74, 6) is 1.61. The smallest absolute Gasteiger partial charge is 0.169 e. The number of ether oxygens (including phenoxy) is 1. The summed E-state index contributed by atoms with van der Waals surface area (Å²) in [6.45, 7) is 18.1. The van der Waals surface area contributed by atoms with Crippen LogP contribution in [0.2, 0.25) is 0 Å². The van der Waals surface area contributed by atoms with E-state index in [1.807, 2.05) is 19.9 Å². The second-order valence-corrected chi connectivity index (χ2v) is 7.83. The van der Waals surface area contributed by atoms with E-state index in [9.17, 15) is 4.79 Å². The Morgan fingerprint density at radius 1 is 1.14 bits per heavy atom. The Morgan fingerprint density at radius 2 is 1.73 bits per heavy atom. The molecule has 0 aromatic carbocycles. The molecule has 2 nitrogen and oxygen atoms in total. The van der Waals surface area contributed by atoms with E-state index in [4.69, 9.17) is 4.74 Å². The molecule has 0 amide bonds. The van der Waals surface area contributed by atoms with Crippen molar-refractivity contribution in [3.8, 4) is 0 Å². The van der Waals surface area contributed by atoms with E-state index in [0.29, 0.717) is 12.5 Å². The zero-order valence-electron chi connectivity index (χ0n) is 15.2. The second-order valence-electron chi connectivity index (χ2n) is 7.83. The lowest BCUT2D eigenvalue weighted by Gasteiger charge is -2.47. The Kier molecular flexibility index (Phi) is 2.94. The first-order chi connectivity index (χ1) is 10.1. The molecule has 3 aliphatic carbocycles. The van der Waals surface area contributed by atoms with Gasteiger partial charge in [-0.05, 0) is 57.8 Å². The third-order valence-corrected chi connectivity index (χ3v) is 7.62. The van der Waals surface area contributed by atoms with Gasteiger partial charge in [0.15, 0.2) is 5.78 Å². The third kappa shape index (κ3) is 1.24. The maximum absolute atomic E-state index is 13.2. The van der Waals surface area contributed by atoms with Crippen LogP contribution in [-0.2, 0) is 9.53 Å². The summed E-state index contributed by atoms with van der Waals surface area (Å²) in [6, 6.07) is 0. The fourth-order valence-corrected chi connectivity index (χ4v) is 5.85. The molecule has 2 heteroatoms. The molecule has 1 saturated carbocycles. The van der Waals surface area contributed by atoms with Gasteiger partial charge in [0.25, 0.3) is 0 Å². The number of hydrogen-bond donors (Lipinski definition) is 0. The van der Waals surface area contributed by atoms with E-state index in [1.54, 1.807) is 0 Å². The molecule has 0 aromatic heterocycles. The first kappa shape index (κ1) is 15.6. The van der Waals surface area contributed by atoms with Crippen molar-refractivity contribution in [3.05, 3.63) is 34.1 Å². The highest BCUT2D eigenvalue weighted by Crippen LogP contribution is 2.78. The standard InChI is InChI=1S/C20H28O2/c1-9-22-15-10-11(2)17(21)20(8)16(15)18(6)12(3)13(4)19(20,7)14(18)5/h10,14H,9H2,1-8H3/t14?,18-,19+,20-/m1/s1. The highest BCUT2D eigenvalue weighted by atomic mass is 16.5. The molecule has 0 spiro atoms. The van der Waals surface area contributed by atoms with Crippen LogP contribution in [0.3, 0.4) is 0 Å². The molecule has 120 valence electrons. The molecule has 3 rings (SSSR count). The summed E-state index contributed by atoms with van der Waals surface area (Å²) in [4.78, 5) is 13.2. The molecule has 0 N–H and O–H groups in total. The summed E-state index contributed by atoms with van der Waals surface area (Å²) in [5, 5.41) is 0. The summed E-state index contributed by atoms with van der Waals surface area (Å²) in [6.07, 6.45) is 1.97. The van der Waals surface area contributed by atoms with Crippen LogP contribution in [0.5, 0.6) is 0 Å². The van der Waals surface area contributed by atoms with E-state index in [1.165, 1.54) is 16.7 Å². The van der Waals surface area contributed by atoms with Gasteiger partial charge in [0, 0.05) is 10.8 Å². The fourth-order valence-electron chi connectivity index (χ4n) is 5.85. The minimum Gasteiger partial charge on any atom is -0.494 e. The van der Waals surface area contributed by atoms with Gasteiger partial charge in [0.05, 0.1) is 12.0 Å². The van der Waals surface area contributed by atoms with E-state index in [2.05, 4.69) is 41.5 Å². The quantitative estimate of drug-likeness (QED) is 0.683. The number of carbonyl (C=O) groups is 1. The molecule has 22 heavy (non-hydrogen) atoms. The van der Waals surface area contributed by atoms with Gasteiger partial charge in [-0.25, -0.2) is 0 Å². The van der Waals surface area contributed by atoms with Gasteiger partial charge in [-0.3, -0.25) is 4.79 Å². The summed E-state index contributed by atoms with van der Waals surface area (Å²) >= 11 is 0. The van der Waals surface area contributed by atoms with Crippen LogP contribution < -0.4 is 0 Å². The van der Waals surface area contributed by atoms with Gasteiger partial charge in [0.2, 0.25) is 0 Å². The van der Waals surface area contributed by atoms with Gasteiger partial charge in [-0.1, -0.05) is 31.9 Å². The number of carbonyl (C=O) groups excluding carboxylic acids is 1. The summed E-state index contributed by atoms with van der Waals surface area (Å²) < 4.78 is 6.00. The van der Waals surface area contributed by atoms with Gasteiger partial charge in [-0.15, -0.1) is 0 Å². The predicted molar refractivity (Wildman–Crippen MR) is 89.3 cm³/mol. The maximum atomic E-state index is 13.2. The van der Waals surface area contributed by atoms with Crippen LogP contribution >= 0.6 is 0 Å². The zero-order valence-corrected chi connectivity index (χ0v) is 15.2. The van der Waals surface area contributed by atoms with Crippen molar-refractivity contribution in [1.29, 1.82) is 0 Å². The molecule has 0 aliphatic heterocycles. The van der Waals surface area contributed by atoms with Crippen molar-refractivity contribution >= 4 is 5.78 Å². The van der Waals surface area contributed by atoms with Crippen molar-refractivity contribution in [3.63, 3.8) is 0 Å². The van der Waals surface area contributed by atoms with Gasteiger partial charge in [-0.2, -0.15) is 0 Å². The van der Waals surface area contributed by atoms with Crippen LogP contribution in [-0.4, -0.2) is 12.4 Å². The molecule has 0 saturated heterocycles. The molecule has 3 aliphatic rings. The number of hydrogen-bond acceptors (Lipinski definition) is 2. The van der Waals surface area contributed by atoms with Crippen molar-refractivity contribution in [1.82, 2.24) is 0 Å². The third-order valence-electron chi connectivity index (χ3n) is 7.62. The zero-order chi connectivity index (χ0) is 16.7. The average molecular weight is 300 g/mol. The van der Waals surface area contributed by atoms with E-state index in [-0.39, 0.29) is 16.6 Å². The highest BCUT2D eigenvalue weighted by Gasteiger charge is 2.74. The first-order valence-electron chi connectivity index (χ1n) is 8.39. The Bertz CT molecular complexity index is 678. The van der Waals surface area contributed by atoms with Crippen LogP contribution in [0.25, 0.3) is 0 Å². The number of rotatable bonds is 2. The summed E-state index contributed by atoms with van der Waals surface area (Å²) in [7, 11) is 0. The largest absolute Gasteiger partial charge is 0.494 e. The molecule has 4 atom stereocenters. The normalized spacial score (nSPS) is 43.7. The van der Waals surface area contributed by atoms with Crippen LogP contribution in [0, 0.1) is 22.2 Å². The van der Waals surface area contributed by atoms with Crippen molar-refractivity contribution in [2.24, 2.45) is 22.2 Å². The van der Waals surface area contributed by atoms with Crippen molar-refractivity contribution in [2.75, 3.05) is 6.61 Å². The fraction of sp³-hybridized carbons (Fsp3) is 0.650. The molecule has 0 radical (unpaired) electrons. The second kappa shape index (κ2) is 4.15. The maximum Gasteiger partial charge on any atom is 0.169 e. The molecule has 0 heterocycles. The topological polar surface area (TPSA) is 26.3 Å². The minimum atomic E-state index is -0.478. The summed E-state index contributed by atoms with van der Waals surface area (Å²) in [5.41, 5.74) is 4.18. The molecule has 2 bridgehead atoms. The lowest BCUT2D eigenvalue weighted by atomic mass is 9.54. The lowest BCUT2D eigenvalue weighted by Crippen LogP contribution is -2.47. The monoisotopic (exact) mass is 300 g/mol. The first-order valence-corrected chi connectivity index (χ1v) is 8.39. The number of ketones is 1. The van der Waals surface area contributed by atoms with Gasteiger partial charge in [0.1, 0.15) is 5.76 Å². The van der Waals surface area contributed by atoms with Crippen molar-refractivity contribution in [2.45, 2.75) is 55.4 Å². The Balaban J connectivity index is 2.44. The number of allylic oxidation sites excluding steroid dienone is 5. The predicted octanol–water partition coefficient (Wildman–Crippen LogP) is 4.82. The van der Waals surface area contributed by atoms with Gasteiger partial charge < -0.3 is 4.74 Å². The number of fused-ring (bicyclic) bond motifs is 5. The van der Waals surface area contributed by atoms with Gasteiger partial charge >= 0.3 is 0 Å². The van der Waals surface area contributed by atoms with Crippen LogP contribution in [0.1, 0.15) is 55.4 Å². The molecule has 0 aromatic rings. The van der Waals surface area contributed by atoms with E-state index < -0.39 is 5.41 Å². The Hall–Kier alpha value is -1.31. The van der Waals surface area contributed by atoms with Crippen molar-refractivity contribution < 1.29 is 9.53 Å². The lowest BCUT2D eigenvalue weighted by molar-refractivity contribution is -0.127. The molecule has 1 unspecified atom stereocenters. The SMILES string of the molecule is CCOC1=C2[C@]3(C)C(C)=C(C)[C@@](C)(C3C)[C@@]2(C)C(=O)C(C)=C1. The number of Topliss-reactive ketones (excluding diaryl/α,β-unsaturated/α-hetero) is 1. The average Bonchev–Trinajstić information content (AvgIpc) is 2.69. The van der Waals surface area contributed by atoms with Crippen LogP contribution in [0.4, 0.5) is 0 Å². The molecular formula is C20H28O2. The minimum absolute atomic E-state index is 0.0784. The highest BCUT2D eigenvalue weighted by molar-refractivity contribution is 6.05. The van der Waals surface area contributed by atoms with Crippen LogP contribution in [0.15, 0.2) is 34.1 Å². The van der Waals surface area contributed by atoms with E-state index >= 15 is 0 Å². The Labute approximate surface area is 134 Å². The molecular weight excluding hydrogens is 272 g/mol. The molecule has 1 fully saturated rings.